The van der Waals surface area contributed by atoms with Gasteiger partial charge in [-0.25, -0.2) is 4.79 Å². The lowest BCUT2D eigenvalue weighted by Crippen LogP contribution is -2.26. The number of aliphatic carboxylic acids is 2. The highest BCUT2D eigenvalue weighted by Crippen LogP contribution is 2.12. The van der Waals surface area contributed by atoms with Crippen molar-refractivity contribution in [1.82, 2.24) is 0 Å². The summed E-state index contributed by atoms with van der Waals surface area (Å²) in [7, 11) is 0. The predicted octanol–water partition coefficient (Wildman–Crippen LogP) is 0.138. The van der Waals surface area contributed by atoms with Crippen LogP contribution in [0.2, 0.25) is 0 Å². The van der Waals surface area contributed by atoms with Gasteiger partial charge in [0.15, 0.2) is 6.10 Å². The van der Waals surface area contributed by atoms with Gasteiger partial charge in [0.05, 0.1) is 6.42 Å². The molecule has 1 atom stereocenters. The molecule has 0 amide bonds. The zero-order valence-corrected chi connectivity index (χ0v) is 8.87. The summed E-state index contributed by atoms with van der Waals surface area (Å²) in [6.07, 6.45) is -1.66. The fraction of sp³-hybridized carbons (Fsp3) is 0.273. The molecule has 0 spiro atoms. The third-order valence-electron chi connectivity index (χ3n) is 1.97. The molecule has 1 aromatic rings. The van der Waals surface area contributed by atoms with Crippen LogP contribution in [0.4, 0.5) is 0 Å². The normalized spacial score (nSPS) is 11.8. The summed E-state index contributed by atoms with van der Waals surface area (Å²) in [5, 5.41) is 25.9. The highest BCUT2D eigenvalue weighted by atomic mass is 16.5. The topological polar surface area (TPSA) is 104 Å². The summed E-state index contributed by atoms with van der Waals surface area (Å²) in [5.74, 6) is -1.91. The Labute approximate surface area is 97.1 Å². The van der Waals surface area contributed by atoms with Crippen LogP contribution in [0.3, 0.4) is 0 Å². The van der Waals surface area contributed by atoms with E-state index in [1.54, 1.807) is 12.1 Å². The lowest BCUT2D eigenvalue weighted by Gasteiger charge is -2.08. The van der Waals surface area contributed by atoms with Crippen LogP contribution in [-0.2, 0) is 16.0 Å². The number of benzene rings is 1. The summed E-state index contributed by atoms with van der Waals surface area (Å²) in [6.45, 7) is -0.354. The maximum atomic E-state index is 10.4. The van der Waals surface area contributed by atoms with Crippen molar-refractivity contribution >= 4 is 11.9 Å². The Bertz CT molecular complexity index is 397. The second-order valence-corrected chi connectivity index (χ2v) is 3.38. The van der Waals surface area contributed by atoms with Gasteiger partial charge in [0.25, 0.3) is 0 Å². The molecule has 1 rings (SSSR count). The van der Waals surface area contributed by atoms with E-state index < -0.39 is 18.0 Å². The fourth-order valence-electron chi connectivity index (χ4n) is 1.12. The number of carbonyl (C=O) groups is 2. The predicted molar refractivity (Wildman–Crippen MR) is 56.9 cm³/mol. The maximum Gasteiger partial charge on any atom is 0.336 e. The molecule has 0 heterocycles. The summed E-state index contributed by atoms with van der Waals surface area (Å²) >= 11 is 0. The number of aliphatic hydroxyl groups excluding tert-OH is 1. The van der Waals surface area contributed by atoms with Crippen LogP contribution in [0.1, 0.15) is 5.56 Å². The highest BCUT2D eigenvalue weighted by molar-refractivity contribution is 5.72. The zero-order valence-electron chi connectivity index (χ0n) is 8.87. The van der Waals surface area contributed by atoms with E-state index in [1.165, 1.54) is 12.1 Å². The van der Waals surface area contributed by atoms with E-state index in [2.05, 4.69) is 0 Å². The summed E-state index contributed by atoms with van der Waals surface area (Å²) < 4.78 is 5.01. The monoisotopic (exact) mass is 240 g/mol. The molecular weight excluding hydrogens is 228 g/mol. The van der Waals surface area contributed by atoms with Crippen molar-refractivity contribution in [3.63, 3.8) is 0 Å². The number of aliphatic hydroxyl groups is 1. The van der Waals surface area contributed by atoms with Gasteiger partial charge in [0.2, 0.25) is 0 Å². The molecule has 0 fully saturated rings. The lowest BCUT2D eigenvalue weighted by molar-refractivity contribution is -0.148. The van der Waals surface area contributed by atoms with Gasteiger partial charge < -0.3 is 20.1 Å². The van der Waals surface area contributed by atoms with Gasteiger partial charge >= 0.3 is 11.9 Å². The van der Waals surface area contributed by atoms with Crippen molar-refractivity contribution in [3.8, 4) is 5.75 Å². The third-order valence-corrected chi connectivity index (χ3v) is 1.97. The molecule has 1 aromatic carbocycles. The SMILES string of the molecule is O=C(O)Cc1ccc(OCC(O)C(=O)O)cc1. The van der Waals surface area contributed by atoms with Gasteiger partial charge in [0.1, 0.15) is 12.4 Å². The fourth-order valence-corrected chi connectivity index (χ4v) is 1.12. The van der Waals surface area contributed by atoms with Gasteiger partial charge in [-0.05, 0) is 17.7 Å². The number of hydrogen-bond donors (Lipinski definition) is 3. The van der Waals surface area contributed by atoms with Crippen LogP contribution in [0.25, 0.3) is 0 Å². The molecule has 17 heavy (non-hydrogen) atoms. The molecule has 3 N–H and O–H groups in total. The molecule has 92 valence electrons. The molecule has 0 aliphatic carbocycles. The summed E-state index contributed by atoms with van der Waals surface area (Å²) in [5.41, 5.74) is 0.614. The molecule has 0 aliphatic heterocycles. The lowest BCUT2D eigenvalue weighted by atomic mass is 10.1. The largest absolute Gasteiger partial charge is 0.490 e. The number of rotatable bonds is 6. The summed E-state index contributed by atoms with van der Waals surface area (Å²) in [6, 6.07) is 6.17. The molecule has 0 saturated heterocycles. The van der Waals surface area contributed by atoms with Crippen LogP contribution in [0.15, 0.2) is 24.3 Å². The van der Waals surface area contributed by atoms with E-state index in [-0.39, 0.29) is 13.0 Å². The van der Waals surface area contributed by atoms with Crippen LogP contribution in [-0.4, -0.2) is 40.0 Å². The van der Waals surface area contributed by atoms with Crippen molar-refractivity contribution in [2.24, 2.45) is 0 Å². The van der Waals surface area contributed by atoms with Gasteiger partial charge in [0, 0.05) is 0 Å². The number of hydrogen-bond acceptors (Lipinski definition) is 4. The van der Waals surface area contributed by atoms with Crippen molar-refractivity contribution < 1.29 is 29.6 Å². The molecule has 0 saturated carbocycles. The Balaban J connectivity index is 2.51. The van der Waals surface area contributed by atoms with Crippen molar-refractivity contribution in [2.75, 3.05) is 6.61 Å². The first-order valence-corrected chi connectivity index (χ1v) is 4.83. The second kappa shape index (κ2) is 5.86. The van der Waals surface area contributed by atoms with Crippen LogP contribution in [0, 0.1) is 0 Å². The van der Waals surface area contributed by atoms with Gasteiger partial charge in [-0.1, -0.05) is 12.1 Å². The Morgan fingerprint density at radius 2 is 1.76 bits per heavy atom. The first-order valence-electron chi connectivity index (χ1n) is 4.83. The number of ether oxygens (including phenoxy) is 1. The first-order chi connectivity index (χ1) is 7.99. The minimum atomic E-state index is -1.58. The minimum absolute atomic E-state index is 0.0853. The Hall–Kier alpha value is -2.08. The van der Waals surface area contributed by atoms with E-state index in [9.17, 15) is 9.59 Å². The standard InChI is InChI=1S/C11H12O6/c12-9(11(15)16)6-17-8-3-1-7(2-4-8)5-10(13)14/h1-4,9,12H,5-6H2,(H,13,14)(H,15,16). The molecule has 0 radical (unpaired) electrons. The number of carboxylic acid groups (broad SMARTS) is 2. The van der Waals surface area contributed by atoms with Gasteiger partial charge in [-0.2, -0.15) is 0 Å². The van der Waals surface area contributed by atoms with Crippen LogP contribution in [0.5, 0.6) is 5.75 Å². The van der Waals surface area contributed by atoms with Crippen molar-refractivity contribution in [3.05, 3.63) is 29.8 Å². The smallest absolute Gasteiger partial charge is 0.336 e. The van der Waals surface area contributed by atoms with Gasteiger partial charge in [-0.15, -0.1) is 0 Å². The minimum Gasteiger partial charge on any atom is -0.490 e. The van der Waals surface area contributed by atoms with E-state index in [1.807, 2.05) is 0 Å². The van der Waals surface area contributed by atoms with E-state index in [0.29, 0.717) is 11.3 Å². The second-order valence-electron chi connectivity index (χ2n) is 3.38. The maximum absolute atomic E-state index is 10.4. The molecule has 6 heteroatoms. The van der Waals surface area contributed by atoms with Crippen LogP contribution < -0.4 is 4.74 Å². The first kappa shape index (κ1) is 13.0. The van der Waals surface area contributed by atoms with Crippen LogP contribution >= 0.6 is 0 Å². The summed E-state index contributed by atoms with van der Waals surface area (Å²) in [4.78, 5) is 20.7. The van der Waals surface area contributed by atoms with Crippen molar-refractivity contribution in [1.29, 1.82) is 0 Å². The molecule has 6 nitrogen and oxygen atoms in total. The highest BCUT2D eigenvalue weighted by Gasteiger charge is 2.13. The Kier molecular flexibility index (Phi) is 4.47. The molecular formula is C11H12O6. The van der Waals surface area contributed by atoms with E-state index in [0.717, 1.165) is 0 Å². The van der Waals surface area contributed by atoms with E-state index in [4.69, 9.17) is 20.1 Å². The van der Waals surface area contributed by atoms with Gasteiger partial charge in [-0.3, -0.25) is 4.79 Å². The zero-order chi connectivity index (χ0) is 12.8. The molecule has 0 bridgehead atoms. The van der Waals surface area contributed by atoms with Crippen molar-refractivity contribution in [2.45, 2.75) is 12.5 Å². The molecule has 0 aromatic heterocycles. The number of carboxylic acids is 2. The average Bonchev–Trinajstić information content (AvgIpc) is 2.26. The molecule has 1 unspecified atom stereocenters. The Morgan fingerprint density at radius 3 is 2.24 bits per heavy atom. The van der Waals surface area contributed by atoms with E-state index >= 15 is 0 Å². The Morgan fingerprint density at radius 1 is 1.18 bits per heavy atom. The third kappa shape index (κ3) is 4.52. The average molecular weight is 240 g/mol. The quantitative estimate of drug-likeness (QED) is 0.653. The molecule has 0 aliphatic rings.